The van der Waals surface area contributed by atoms with Gasteiger partial charge in [-0.1, -0.05) is 30.3 Å². The van der Waals surface area contributed by atoms with E-state index in [1.807, 2.05) is 29.2 Å². The predicted octanol–water partition coefficient (Wildman–Crippen LogP) is 4.53. The summed E-state index contributed by atoms with van der Waals surface area (Å²) in [4.78, 5) is 28.1. The number of carbonyl (C=O) groups excluding carboxylic acids is 2. The number of nitrogens with two attached hydrogens (primary N) is 1. The monoisotopic (exact) mass is 504 g/mol. The second-order valence-electron chi connectivity index (χ2n) is 8.50. The highest BCUT2D eigenvalue weighted by molar-refractivity contribution is 6.03. The van der Waals surface area contributed by atoms with Crippen LogP contribution in [0.2, 0.25) is 0 Å². The van der Waals surface area contributed by atoms with Crippen LogP contribution in [0, 0.1) is 5.82 Å². The van der Waals surface area contributed by atoms with E-state index in [0.717, 1.165) is 11.3 Å². The van der Waals surface area contributed by atoms with E-state index in [2.05, 4.69) is 5.32 Å². The van der Waals surface area contributed by atoms with Gasteiger partial charge in [0.2, 0.25) is 5.91 Å². The molecule has 0 radical (unpaired) electrons. The lowest BCUT2D eigenvalue weighted by molar-refractivity contribution is -0.111. The normalized spacial score (nSPS) is 13.5. The van der Waals surface area contributed by atoms with Gasteiger partial charge in [-0.3, -0.25) is 4.79 Å². The Hall–Kier alpha value is -4.53. The van der Waals surface area contributed by atoms with Gasteiger partial charge in [-0.25, -0.2) is 9.18 Å². The molecule has 4 rings (SSSR count). The average molecular weight is 505 g/mol. The second kappa shape index (κ2) is 11.9. The third-order valence-corrected chi connectivity index (χ3v) is 6.02. The quantitative estimate of drug-likeness (QED) is 0.363. The number of benzene rings is 3. The van der Waals surface area contributed by atoms with Crippen LogP contribution in [-0.4, -0.2) is 50.2 Å². The average Bonchev–Trinajstić information content (AvgIpc) is 2.92. The van der Waals surface area contributed by atoms with Gasteiger partial charge < -0.3 is 30.3 Å². The maximum Gasteiger partial charge on any atom is 0.410 e. The molecule has 0 spiro atoms. The number of nitrogens with one attached hydrogen (secondary N) is 1. The Morgan fingerprint density at radius 3 is 2.43 bits per heavy atom. The number of rotatable bonds is 7. The summed E-state index contributed by atoms with van der Waals surface area (Å²) in [5, 5.41) is 2.69. The molecule has 0 aromatic heterocycles. The van der Waals surface area contributed by atoms with E-state index in [0.29, 0.717) is 48.8 Å². The number of halogens is 1. The molecule has 2 amide bonds. The first-order valence-corrected chi connectivity index (χ1v) is 11.9. The largest absolute Gasteiger partial charge is 0.497 e. The van der Waals surface area contributed by atoms with Crippen molar-refractivity contribution < 1.29 is 23.5 Å². The Morgan fingerprint density at radius 1 is 1.03 bits per heavy atom. The van der Waals surface area contributed by atoms with Crippen molar-refractivity contribution >= 4 is 35.1 Å². The second-order valence-corrected chi connectivity index (χ2v) is 8.50. The van der Waals surface area contributed by atoms with Crippen LogP contribution in [0.1, 0.15) is 11.1 Å². The Bertz CT molecular complexity index is 1270. The van der Waals surface area contributed by atoms with Gasteiger partial charge in [0.25, 0.3) is 0 Å². The highest BCUT2D eigenvalue weighted by atomic mass is 19.1. The van der Waals surface area contributed by atoms with Crippen molar-refractivity contribution in [2.45, 2.75) is 6.61 Å². The maximum atomic E-state index is 14.9. The van der Waals surface area contributed by atoms with E-state index in [4.69, 9.17) is 15.2 Å². The molecule has 1 heterocycles. The molecule has 3 aromatic carbocycles. The number of methoxy groups -OCH3 is 1. The molecular formula is C28H29FN4O4. The van der Waals surface area contributed by atoms with Crippen LogP contribution in [-0.2, 0) is 16.1 Å². The lowest BCUT2D eigenvalue weighted by Gasteiger charge is -2.35. The first-order chi connectivity index (χ1) is 17.9. The lowest BCUT2D eigenvalue weighted by atomic mass is 10.1. The number of piperazine rings is 1. The van der Waals surface area contributed by atoms with E-state index in [9.17, 15) is 14.0 Å². The van der Waals surface area contributed by atoms with Gasteiger partial charge >= 0.3 is 6.09 Å². The fourth-order valence-electron chi connectivity index (χ4n) is 3.93. The molecule has 0 bridgehead atoms. The van der Waals surface area contributed by atoms with Crippen LogP contribution >= 0.6 is 0 Å². The maximum absolute atomic E-state index is 14.9. The van der Waals surface area contributed by atoms with Gasteiger partial charge in [-0.15, -0.1) is 0 Å². The molecule has 8 nitrogen and oxygen atoms in total. The third-order valence-electron chi connectivity index (χ3n) is 6.02. The fourth-order valence-corrected chi connectivity index (χ4v) is 3.93. The molecule has 3 N–H and O–H groups in total. The molecule has 1 saturated heterocycles. The summed E-state index contributed by atoms with van der Waals surface area (Å²) in [7, 11) is 1.59. The van der Waals surface area contributed by atoms with Gasteiger partial charge in [0.15, 0.2) is 0 Å². The summed E-state index contributed by atoms with van der Waals surface area (Å²) >= 11 is 0. The SMILES string of the molecule is COc1ccc(COC(=O)N2CCN(c3ccc(/C=C/C(=O)Nc4ccccc4N)cc3F)CC2)cc1. The zero-order valence-electron chi connectivity index (χ0n) is 20.5. The van der Waals surface area contributed by atoms with Crippen LogP contribution < -0.4 is 20.7 Å². The van der Waals surface area contributed by atoms with Crippen LogP contribution in [0.3, 0.4) is 0 Å². The summed E-state index contributed by atoms with van der Waals surface area (Å²) in [6.45, 7) is 1.97. The molecule has 0 atom stereocenters. The van der Waals surface area contributed by atoms with E-state index in [1.165, 1.54) is 18.2 Å². The third kappa shape index (κ3) is 6.78. The van der Waals surface area contributed by atoms with Crippen LogP contribution in [0.4, 0.5) is 26.2 Å². The van der Waals surface area contributed by atoms with Crippen molar-refractivity contribution in [3.63, 3.8) is 0 Å². The number of hydrogen-bond donors (Lipinski definition) is 2. The Kier molecular flexibility index (Phi) is 8.25. The molecule has 0 unspecified atom stereocenters. The molecule has 1 aliphatic rings. The Morgan fingerprint density at radius 2 is 1.76 bits per heavy atom. The molecule has 37 heavy (non-hydrogen) atoms. The van der Waals surface area contributed by atoms with Gasteiger partial charge in [-0.05, 0) is 53.6 Å². The summed E-state index contributed by atoms with van der Waals surface area (Å²) in [6.07, 6.45) is 2.47. The number of carbonyl (C=O) groups is 2. The minimum atomic E-state index is -0.398. The molecule has 0 aliphatic carbocycles. The van der Waals surface area contributed by atoms with Crippen molar-refractivity contribution in [1.29, 1.82) is 0 Å². The minimum absolute atomic E-state index is 0.170. The molecule has 3 aromatic rings. The highest BCUT2D eigenvalue weighted by Gasteiger charge is 2.24. The molecular weight excluding hydrogens is 475 g/mol. The van der Waals surface area contributed by atoms with E-state index >= 15 is 0 Å². The molecule has 0 saturated carbocycles. The predicted molar refractivity (Wildman–Crippen MR) is 142 cm³/mol. The van der Waals surface area contributed by atoms with Gasteiger partial charge in [-0.2, -0.15) is 0 Å². The highest BCUT2D eigenvalue weighted by Crippen LogP contribution is 2.23. The summed E-state index contributed by atoms with van der Waals surface area (Å²) in [5.74, 6) is -0.0237. The Balaban J connectivity index is 1.27. The molecule has 1 fully saturated rings. The van der Waals surface area contributed by atoms with Gasteiger partial charge in [0, 0.05) is 32.3 Å². The smallest absolute Gasteiger partial charge is 0.410 e. The standard InChI is InChI=1S/C28H29FN4O4/c1-36-22-10-6-21(7-11-22)19-37-28(35)33-16-14-32(15-17-33)26-12-8-20(18-23(26)29)9-13-27(34)31-25-5-3-2-4-24(25)30/h2-13,18H,14-17,19,30H2,1H3,(H,31,34)/b13-9+. The van der Waals surface area contributed by atoms with Crippen LogP contribution in [0.25, 0.3) is 6.08 Å². The number of amides is 2. The van der Waals surface area contributed by atoms with E-state index < -0.39 is 11.9 Å². The topological polar surface area (TPSA) is 97.1 Å². The van der Waals surface area contributed by atoms with Crippen molar-refractivity contribution in [2.75, 3.05) is 49.2 Å². The lowest BCUT2D eigenvalue weighted by Crippen LogP contribution is -2.49. The van der Waals surface area contributed by atoms with E-state index in [1.54, 1.807) is 48.4 Å². The zero-order chi connectivity index (χ0) is 26.2. The minimum Gasteiger partial charge on any atom is -0.497 e. The number of para-hydroxylation sites is 2. The molecule has 1 aliphatic heterocycles. The van der Waals surface area contributed by atoms with E-state index in [-0.39, 0.29) is 12.5 Å². The number of ether oxygens (including phenoxy) is 2. The van der Waals surface area contributed by atoms with Crippen LogP contribution in [0.15, 0.2) is 72.8 Å². The zero-order valence-corrected chi connectivity index (χ0v) is 20.5. The van der Waals surface area contributed by atoms with Crippen molar-refractivity contribution in [2.24, 2.45) is 0 Å². The summed E-state index contributed by atoms with van der Waals surface area (Å²) in [6, 6.07) is 19.1. The van der Waals surface area contributed by atoms with Crippen molar-refractivity contribution in [3.8, 4) is 5.75 Å². The van der Waals surface area contributed by atoms with Crippen molar-refractivity contribution in [3.05, 3.63) is 89.8 Å². The summed E-state index contributed by atoms with van der Waals surface area (Å²) in [5.41, 5.74) is 8.68. The fraction of sp³-hybridized carbons (Fsp3) is 0.214. The Labute approximate surface area is 215 Å². The van der Waals surface area contributed by atoms with Gasteiger partial charge in [0.05, 0.1) is 24.2 Å². The number of hydrogen-bond acceptors (Lipinski definition) is 6. The van der Waals surface area contributed by atoms with Crippen molar-refractivity contribution in [1.82, 2.24) is 4.90 Å². The number of nitrogens with zero attached hydrogens (tertiary/aromatic N) is 2. The number of nitrogen functional groups attached to an aromatic ring is 1. The first-order valence-electron chi connectivity index (χ1n) is 11.9. The summed E-state index contributed by atoms with van der Waals surface area (Å²) < 4.78 is 25.4. The van der Waals surface area contributed by atoms with Crippen LogP contribution in [0.5, 0.6) is 5.75 Å². The molecule has 9 heteroatoms. The number of anilines is 3. The van der Waals surface area contributed by atoms with Gasteiger partial charge in [0.1, 0.15) is 18.2 Å². The molecule has 192 valence electrons. The first kappa shape index (κ1) is 25.6.